The van der Waals surface area contributed by atoms with Crippen molar-refractivity contribution in [2.75, 3.05) is 6.54 Å². The lowest BCUT2D eigenvalue weighted by atomic mass is 10.0. The number of carbonyl (C=O) groups is 1. The molecule has 3 aromatic carbocycles. The minimum absolute atomic E-state index is 0.0850. The van der Waals surface area contributed by atoms with E-state index in [2.05, 4.69) is 5.10 Å². The molecule has 1 atom stereocenters. The molecule has 0 bridgehead atoms. The Labute approximate surface area is 185 Å². The van der Waals surface area contributed by atoms with Gasteiger partial charge < -0.3 is 10.0 Å². The Hall–Kier alpha value is -3.93. The number of likely N-dealkylation sites (tertiary alicyclic amines) is 1. The third kappa shape index (κ3) is 3.64. The van der Waals surface area contributed by atoms with Gasteiger partial charge in [0.05, 0.1) is 18.0 Å². The van der Waals surface area contributed by atoms with Crippen molar-refractivity contribution in [3.05, 3.63) is 106 Å². The monoisotopic (exact) mass is 425 g/mol. The molecular weight excluding hydrogens is 402 g/mol. The molecule has 6 nitrogen and oxygen atoms in total. The van der Waals surface area contributed by atoms with Crippen LogP contribution in [0.4, 0.5) is 0 Å². The fourth-order valence-corrected chi connectivity index (χ4v) is 4.45. The molecule has 1 aromatic heterocycles. The first-order valence-electron chi connectivity index (χ1n) is 10.8. The van der Waals surface area contributed by atoms with E-state index in [0.717, 1.165) is 24.0 Å². The highest BCUT2D eigenvalue weighted by molar-refractivity contribution is 6.05. The first-order valence-corrected chi connectivity index (χ1v) is 10.8. The van der Waals surface area contributed by atoms with Crippen LogP contribution in [-0.2, 0) is 6.54 Å². The van der Waals surface area contributed by atoms with E-state index >= 15 is 0 Å². The number of carbonyl (C=O) groups excluding carboxylic acids is 1. The molecule has 1 amide bonds. The van der Waals surface area contributed by atoms with Gasteiger partial charge >= 0.3 is 0 Å². The van der Waals surface area contributed by atoms with Crippen molar-refractivity contribution in [1.82, 2.24) is 14.7 Å². The molecule has 0 spiro atoms. The molecule has 1 saturated heterocycles. The first kappa shape index (κ1) is 20.0. The summed E-state index contributed by atoms with van der Waals surface area (Å²) in [7, 11) is 0. The van der Waals surface area contributed by atoms with Gasteiger partial charge in [-0.3, -0.25) is 9.59 Å². The fraction of sp³-hybridized carbons (Fsp3) is 0.192. The van der Waals surface area contributed by atoms with Crippen LogP contribution in [0, 0.1) is 0 Å². The number of amides is 1. The zero-order chi connectivity index (χ0) is 22.1. The van der Waals surface area contributed by atoms with E-state index in [1.165, 1.54) is 4.68 Å². The lowest BCUT2D eigenvalue weighted by Gasteiger charge is -2.25. The van der Waals surface area contributed by atoms with Gasteiger partial charge in [-0.1, -0.05) is 60.7 Å². The van der Waals surface area contributed by atoms with E-state index in [0.29, 0.717) is 29.6 Å². The molecule has 1 fully saturated rings. The van der Waals surface area contributed by atoms with Gasteiger partial charge in [0, 0.05) is 11.9 Å². The van der Waals surface area contributed by atoms with E-state index in [9.17, 15) is 14.7 Å². The van der Waals surface area contributed by atoms with Gasteiger partial charge in [-0.2, -0.15) is 5.10 Å². The SMILES string of the molecule is O=C(c1nn(Cc2ccccc2)c(=O)c2ccccc12)N1CCCC1c1ccc(O)cc1. The lowest BCUT2D eigenvalue weighted by molar-refractivity contribution is 0.0729. The number of aromatic nitrogens is 2. The topological polar surface area (TPSA) is 75.4 Å². The summed E-state index contributed by atoms with van der Waals surface area (Å²) in [6, 6.07) is 23.7. The minimum atomic E-state index is -0.211. The lowest BCUT2D eigenvalue weighted by Crippen LogP contribution is -2.34. The van der Waals surface area contributed by atoms with Gasteiger partial charge in [-0.05, 0) is 42.2 Å². The predicted octanol–water partition coefficient (Wildman–Crippen LogP) is 4.13. The van der Waals surface area contributed by atoms with Crippen molar-refractivity contribution in [1.29, 1.82) is 0 Å². The zero-order valence-corrected chi connectivity index (χ0v) is 17.5. The van der Waals surface area contributed by atoms with Crippen molar-refractivity contribution < 1.29 is 9.90 Å². The van der Waals surface area contributed by atoms with Gasteiger partial charge in [-0.25, -0.2) is 4.68 Å². The number of hydrogen-bond donors (Lipinski definition) is 1. The number of phenols is 1. The summed E-state index contributed by atoms with van der Waals surface area (Å²) in [6.07, 6.45) is 1.73. The molecule has 4 aromatic rings. The van der Waals surface area contributed by atoms with Gasteiger partial charge in [0.2, 0.25) is 0 Å². The minimum Gasteiger partial charge on any atom is -0.508 e. The van der Waals surface area contributed by atoms with Crippen LogP contribution < -0.4 is 5.56 Å². The summed E-state index contributed by atoms with van der Waals surface area (Å²) in [5.74, 6) is 0.0175. The molecule has 1 aliphatic rings. The Morgan fingerprint density at radius 3 is 2.38 bits per heavy atom. The Balaban J connectivity index is 1.58. The average Bonchev–Trinajstić information content (AvgIpc) is 3.32. The second kappa shape index (κ2) is 8.30. The normalized spacial score (nSPS) is 15.9. The number of rotatable bonds is 4. The molecular formula is C26H23N3O3. The first-order chi connectivity index (χ1) is 15.6. The number of aromatic hydroxyl groups is 1. The maximum absolute atomic E-state index is 13.7. The Bertz CT molecular complexity index is 1330. The molecule has 32 heavy (non-hydrogen) atoms. The maximum atomic E-state index is 13.7. The van der Waals surface area contributed by atoms with Crippen molar-refractivity contribution in [3.63, 3.8) is 0 Å². The number of phenolic OH excluding ortho intramolecular Hbond substituents is 1. The van der Waals surface area contributed by atoms with Crippen molar-refractivity contribution in [2.24, 2.45) is 0 Å². The van der Waals surface area contributed by atoms with Crippen LogP contribution in [0.3, 0.4) is 0 Å². The van der Waals surface area contributed by atoms with Crippen LogP contribution in [0.25, 0.3) is 10.8 Å². The van der Waals surface area contributed by atoms with Crippen molar-refractivity contribution >= 4 is 16.7 Å². The summed E-state index contributed by atoms with van der Waals surface area (Å²) >= 11 is 0. The second-order valence-corrected chi connectivity index (χ2v) is 8.09. The average molecular weight is 425 g/mol. The summed E-state index contributed by atoms with van der Waals surface area (Å²) in [5.41, 5.74) is 2.01. The van der Waals surface area contributed by atoms with E-state index in [4.69, 9.17) is 0 Å². The molecule has 160 valence electrons. The van der Waals surface area contributed by atoms with E-state index in [1.54, 1.807) is 30.3 Å². The highest BCUT2D eigenvalue weighted by Gasteiger charge is 2.32. The quantitative estimate of drug-likeness (QED) is 0.534. The number of nitrogens with zero attached hydrogens (tertiary/aromatic N) is 3. The van der Waals surface area contributed by atoms with Crippen LogP contribution in [0.5, 0.6) is 5.75 Å². The van der Waals surface area contributed by atoms with Crippen LogP contribution >= 0.6 is 0 Å². The smallest absolute Gasteiger partial charge is 0.275 e. The molecule has 0 radical (unpaired) electrons. The molecule has 2 heterocycles. The molecule has 5 rings (SSSR count). The zero-order valence-electron chi connectivity index (χ0n) is 17.5. The number of fused-ring (bicyclic) bond motifs is 1. The highest BCUT2D eigenvalue weighted by Crippen LogP contribution is 2.34. The number of hydrogen-bond acceptors (Lipinski definition) is 4. The van der Waals surface area contributed by atoms with E-state index < -0.39 is 0 Å². The molecule has 1 N–H and O–H groups in total. The fourth-order valence-electron chi connectivity index (χ4n) is 4.45. The van der Waals surface area contributed by atoms with E-state index in [-0.39, 0.29) is 23.3 Å². The van der Waals surface area contributed by atoms with Gasteiger partial charge in [0.25, 0.3) is 11.5 Å². The summed E-state index contributed by atoms with van der Waals surface area (Å²) < 4.78 is 1.39. The van der Waals surface area contributed by atoms with Crippen molar-refractivity contribution in [3.8, 4) is 5.75 Å². The Morgan fingerprint density at radius 2 is 1.62 bits per heavy atom. The third-order valence-corrected chi connectivity index (χ3v) is 6.04. The van der Waals surface area contributed by atoms with E-state index in [1.807, 2.05) is 53.4 Å². The highest BCUT2D eigenvalue weighted by atomic mass is 16.3. The van der Waals surface area contributed by atoms with Crippen molar-refractivity contribution in [2.45, 2.75) is 25.4 Å². The summed E-state index contributed by atoms with van der Waals surface area (Å²) in [5, 5.41) is 15.2. The maximum Gasteiger partial charge on any atom is 0.275 e. The van der Waals surface area contributed by atoms with Gasteiger partial charge in [0.1, 0.15) is 5.75 Å². The molecule has 0 aliphatic carbocycles. The Kier molecular flexibility index (Phi) is 5.19. The van der Waals surface area contributed by atoms with Crippen LogP contribution in [0.15, 0.2) is 83.7 Å². The third-order valence-electron chi connectivity index (χ3n) is 6.04. The number of benzene rings is 3. The van der Waals surface area contributed by atoms with Crippen LogP contribution in [0.2, 0.25) is 0 Å². The largest absolute Gasteiger partial charge is 0.508 e. The molecule has 1 unspecified atom stereocenters. The molecule has 1 aliphatic heterocycles. The standard InChI is InChI=1S/C26H23N3O3/c30-20-14-12-19(13-15-20)23-11-6-16-28(23)26(32)24-21-9-4-5-10-22(21)25(31)29(27-24)17-18-7-2-1-3-8-18/h1-5,7-10,12-15,23,30H,6,11,16-17H2. The molecule has 6 heteroatoms. The predicted molar refractivity (Wildman–Crippen MR) is 123 cm³/mol. The summed E-state index contributed by atoms with van der Waals surface area (Å²) in [4.78, 5) is 28.7. The van der Waals surface area contributed by atoms with Gasteiger partial charge in [-0.15, -0.1) is 0 Å². The van der Waals surface area contributed by atoms with Gasteiger partial charge in [0.15, 0.2) is 5.69 Å². The molecule has 0 saturated carbocycles. The van der Waals surface area contributed by atoms with Crippen LogP contribution in [-0.4, -0.2) is 32.2 Å². The Morgan fingerprint density at radius 1 is 0.938 bits per heavy atom. The summed E-state index contributed by atoms with van der Waals surface area (Å²) in [6.45, 7) is 0.921. The van der Waals surface area contributed by atoms with Crippen LogP contribution in [0.1, 0.15) is 40.5 Å². The second-order valence-electron chi connectivity index (χ2n) is 8.09.